The normalized spacial score (nSPS) is 33.1. The van der Waals surface area contributed by atoms with Gasteiger partial charge in [-0.05, 0) is 38.8 Å². The van der Waals surface area contributed by atoms with Gasteiger partial charge in [0.2, 0.25) is 0 Å². The maximum Gasteiger partial charge on any atom is 0.339 e. The van der Waals surface area contributed by atoms with Crippen molar-refractivity contribution in [3.05, 3.63) is 76.9 Å². The molecule has 3 nitrogen and oxygen atoms in total. The first-order chi connectivity index (χ1) is 13.6. The molecule has 29 heavy (non-hydrogen) atoms. The lowest BCUT2D eigenvalue weighted by atomic mass is 9.53. The average molecular weight is 390 g/mol. The Morgan fingerprint density at radius 2 is 1.48 bits per heavy atom. The average Bonchev–Trinajstić information content (AvgIpc) is 3.01. The maximum absolute atomic E-state index is 13.2. The van der Waals surface area contributed by atoms with Gasteiger partial charge in [0.05, 0.1) is 5.56 Å². The van der Waals surface area contributed by atoms with Crippen molar-refractivity contribution < 1.29 is 9.53 Å². The van der Waals surface area contributed by atoms with E-state index in [9.17, 15) is 4.79 Å². The zero-order valence-corrected chi connectivity index (χ0v) is 18.4. The quantitative estimate of drug-likeness (QED) is 0.599. The third-order valence-corrected chi connectivity index (χ3v) is 7.10. The molecule has 2 aliphatic carbocycles. The van der Waals surface area contributed by atoms with Gasteiger partial charge in [-0.25, -0.2) is 4.79 Å². The number of allylic oxidation sites excluding steroid dienone is 6. The van der Waals surface area contributed by atoms with Gasteiger partial charge in [-0.1, -0.05) is 67.5 Å². The van der Waals surface area contributed by atoms with Gasteiger partial charge in [-0.2, -0.15) is 0 Å². The van der Waals surface area contributed by atoms with Gasteiger partial charge in [0.15, 0.2) is 5.60 Å². The summed E-state index contributed by atoms with van der Waals surface area (Å²) in [5, 5.41) is 0. The van der Waals surface area contributed by atoms with E-state index in [1.54, 1.807) is 0 Å². The van der Waals surface area contributed by atoms with Gasteiger partial charge in [-0.15, -0.1) is 0 Å². The lowest BCUT2D eigenvalue weighted by Gasteiger charge is -2.54. The van der Waals surface area contributed by atoms with Gasteiger partial charge in [0.1, 0.15) is 0 Å². The van der Waals surface area contributed by atoms with Gasteiger partial charge < -0.3 is 9.64 Å². The van der Waals surface area contributed by atoms with Crippen LogP contribution in [0, 0.1) is 10.8 Å². The summed E-state index contributed by atoms with van der Waals surface area (Å²) in [4.78, 5) is 15.3. The molecule has 4 rings (SSSR count). The molecule has 0 amide bonds. The molecule has 0 radical (unpaired) electrons. The summed E-state index contributed by atoms with van der Waals surface area (Å²) in [6.07, 6.45) is 15.1. The summed E-state index contributed by atoms with van der Waals surface area (Å²) in [5.74, 6) is -0.217. The van der Waals surface area contributed by atoms with Crippen molar-refractivity contribution in [2.75, 3.05) is 19.0 Å². The molecular formula is C26H31NO2. The molecule has 0 fully saturated rings. The van der Waals surface area contributed by atoms with Crippen LogP contribution in [-0.2, 0) is 10.3 Å². The Morgan fingerprint density at radius 1 is 0.931 bits per heavy atom. The number of nitrogens with zero attached hydrogens (tertiary/aromatic N) is 1. The zero-order valence-electron chi connectivity index (χ0n) is 18.4. The molecular weight excluding hydrogens is 358 g/mol. The summed E-state index contributed by atoms with van der Waals surface area (Å²) in [5.41, 5.74) is 3.77. The summed E-state index contributed by atoms with van der Waals surface area (Å²) in [6.45, 7) is 8.71. The number of ether oxygens (including phenoxy) is 1. The highest BCUT2D eigenvalue weighted by atomic mass is 16.6. The molecule has 3 aliphatic rings. The van der Waals surface area contributed by atoms with Crippen molar-refractivity contribution in [2.45, 2.75) is 46.1 Å². The fraction of sp³-hybridized carbons (Fsp3) is 0.423. The minimum absolute atomic E-state index is 0.217. The van der Waals surface area contributed by atoms with Gasteiger partial charge in [-0.3, -0.25) is 0 Å². The van der Waals surface area contributed by atoms with Crippen LogP contribution in [0.25, 0.3) is 0 Å². The largest absolute Gasteiger partial charge is 0.449 e. The number of rotatable bonds is 3. The Hall–Kier alpha value is -2.55. The molecule has 1 aromatic carbocycles. The molecule has 0 saturated carbocycles. The molecule has 0 bridgehead atoms. The van der Waals surface area contributed by atoms with E-state index in [-0.39, 0.29) is 16.8 Å². The Kier molecular flexibility index (Phi) is 4.41. The van der Waals surface area contributed by atoms with Crippen LogP contribution in [0.1, 0.15) is 56.5 Å². The Balaban J connectivity index is 1.97. The van der Waals surface area contributed by atoms with Gasteiger partial charge in [0.25, 0.3) is 0 Å². The number of cyclic esters (lactones) is 1. The molecule has 152 valence electrons. The lowest BCUT2D eigenvalue weighted by Crippen LogP contribution is -2.54. The van der Waals surface area contributed by atoms with Gasteiger partial charge >= 0.3 is 5.97 Å². The van der Waals surface area contributed by atoms with E-state index in [2.05, 4.69) is 76.3 Å². The van der Waals surface area contributed by atoms with Crippen LogP contribution in [-0.4, -0.2) is 20.1 Å². The maximum atomic E-state index is 13.2. The smallest absolute Gasteiger partial charge is 0.339 e. The van der Waals surface area contributed by atoms with E-state index in [0.717, 1.165) is 24.1 Å². The van der Waals surface area contributed by atoms with E-state index >= 15 is 0 Å². The molecule has 3 heteroatoms. The third kappa shape index (κ3) is 2.74. The van der Waals surface area contributed by atoms with Crippen LogP contribution in [0.2, 0.25) is 0 Å². The number of anilines is 1. The number of hydrogen-bond donors (Lipinski definition) is 0. The van der Waals surface area contributed by atoms with E-state index in [0.29, 0.717) is 5.56 Å². The molecule has 0 aromatic heterocycles. The van der Waals surface area contributed by atoms with Crippen LogP contribution in [0.5, 0.6) is 0 Å². The minimum atomic E-state index is -0.765. The first-order valence-electron chi connectivity index (χ1n) is 10.4. The molecule has 0 N–H and O–H groups in total. The van der Waals surface area contributed by atoms with Crippen molar-refractivity contribution in [3.8, 4) is 0 Å². The Labute approximate surface area is 174 Å². The van der Waals surface area contributed by atoms with Crippen molar-refractivity contribution >= 4 is 11.7 Å². The first-order valence-corrected chi connectivity index (χ1v) is 10.4. The summed E-state index contributed by atoms with van der Waals surface area (Å²) in [6, 6.07) is 6.20. The number of carbonyl (C=O) groups excluding carboxylic acids is 1. The lowest BCUT2D eigenvalue weighted by molar-refractivity contribution is -0.130. The standard InChI is InChI=1S/C26H31NO2/c1-18-9-13-24(3,14-10-18)26(25(4)15-11-19(2)12-16-25)22-8-7-20(27(5)6)17-21(22)23(28)29-26/h7-13,15,17H,14,16H2,1-6H3. The van der Waals surface area contributed by atoms with E-state index in [1.807, 2.05) is 25.1 Å². The second kappa shape index (κ2) is 6.48. The van der Waals surface area contributed by atoms with Crippen LogP contribution in [0.15, 0.2) is 65.8 Å². The highest BCUT2D eigenvalue weighted by Crippen LogP contribution is 2.63. The molecule has 2 unspecified atom stereocenters. The number of fused-ring (bicyclic) bond motifs is 1. The van der Waals surface area contributed by atoms with Crippen molar-refractivity contribution in [1.82, 2.24) is 0 Å². The number of carbonyl (C=O) groups is 1. The molecule has 1 heterocycles. The van der Waals surface area contributed by atoms with E-state index in [4.69, 9.17) is 4.74 Å². The zero-order chi connectivity index (χ0) is 21.0. The van der Waals surface area contributed by atoms with Crippen LogP contribution in [0.4, 0.5) is 5.69 Å². The van der Waals surface area contributed by atoms with Crippen molar-refractivity contribution in [3.63, 3.8) is 0 Å². The second-order valence-corrected chi connectivity index (χ2v) is 9.50. The predicted octanol–water partition coefficient (Wildman–Crippen LogP) is 5.94. The SMILES string of the molecule is CC1=CCC(C)(C2(C3(C)C=CC(C)=CC3)OC(=O)c3cc(N(C)C)ccc32)C=C1. The Bertz CT molecular complexity index is 952. The minimum Gasteiger partial charge on any atom is -0.449 e. The van der Waals surface area contributed by atoms with Crippen LogP contribution < -0.4 is 4.90 Å². The summed E-state index contributed by atoms with van der Waals surface area (Å²) < 4.78 is 6.49. The topological polar surface area (TPSA) is 29.5 Å². The summed E-state index contributed by atoms with van der Waals surface area (Å²) in [7, 11) is 3.99. The van der Waals surface area contributed by atoms with Crippen LogP contribution in [0.3, 0.4) is 0 Å². The summed E-state index contributed by atoms with van der Waals surface area (Å²) >= 11 is 0. The van der Waals surface area contributed by atoms with Crippen molar-refractivity contribution in [2.24, 2.45) is 10.8 Å². The predicted molar refractivity (Wildman–Crippen MR) is 119 cm³/mol. The van der Waals surface area contributed by atoms with Gasteiger partial charge in [0, 0.05) is 36.2 Å². The molecule has 2 atom stereocenters. The number of esters is 1. The fourth-order valence-corrected chi connectivity index (χ4v) is 5.21. The van der Waals surface area contributed by atoms with E-state index in [1.165, 1.54) is 11.1 Å². The molecule has 0 saturated heterocycles. The number of hydrogen-bond acceptors (Lipinski definition) is 3. The second-order valence-electron chi connectivity index (χ2n) is 9.50. The highest BCUT2D eigenvalue weighted by molar-refractivity contribution is 5.96. The highest BCUT2D eigenvalue weighted by Gasteiger charge is 2.65. The molecule has 1 aliphatic heterocycles. The monoisotopic (exact) mass is 389 g/mol. The van der Waals surface area contributed by atoms with Crippen molar-refractivity contribution in [1.29, 1.82) is 0 Å². The van der Waals surface area contributed by atoms with E-state index < -0.39 is 5.60 Å². The third-order valence-electron chi connectivity index (χ3n) is 7.10. The first kappa shape index (κ1) is 19.8. The molecule has 1 aromatic rings. The number of benzene rings is 1. The Morgan fingerprint density at radius 3 is 1.93 bits per heavy atom. The molecule has 0 spiro atoms. The fourth-order valence-electron chi connectivity index (χ4n) is 5.21. The van der Waals surface area contributed by atoms with Crippen LogP contribution >= 0.6 is 0 Å².